The quantitative estimate of drug-likeness (QED) is 0.215. The van der Waals surface area contributed by atoms with E-state index in [0.717, 1.165) is 50.2 Å². The summed E-state index contributed by atoms with van der Waals surface area (Å²) in [7, 11) is 3.28. The zero-order valence-electron chi connectivity index (χ0n) is 22.7. The van der Waals surface area contributed by atoms with Gasteiger partial charge in [0.05, 0.1) is 14.2 Å². The largest absolute Gasteiger partial charge is 0.497 e. The molecule has 0 unspecified atom stereocenters. The molecule has 0 spiro atoms. The lowest BCUT2D eigenvalue weighted by Crippen LogP contribution is -2.30. The normalized spacial score (nSPS) is 13.9. The number of nitrogens with zero attached hydrogens (tertiary/aromatic N) is 2. The molecule has 0 bridgehead atoms. The minimum absolute atomic E-state index is 0.0174. The van der Waals surface area contributed by atoms with Crippen LogP contribution < -0.4 is 14.4 Å². The topological polar surface area (TPSA) is 68.3 Å². The SMILES string of the molecule is COc1ccc(N(c2ccc(/C=C3/OC(=O)N(CCc4ccc(C)cc4)C3=O)cc2)c2ccc(OC)cc2)cc1. The third kappa shape index (κ3) is 5.83. The lowest BCUT2D eigenvalue weighted by atomic mass is 10.1. The van der Waals surface area contributed by atoms with E-state index in [9.17, 15) is 9.59 Å². The molecule has 1 fully saturated rings. The Morgan fingerprint density at radius 3 is 1.73 bits per heavy atom. The molecule has 0 saturated carbocycles. The van der Waals surface area contributed by atoms with Gasteiger partial charge in [-0.15, -0.1) is 0 Å². The van der Waals surface area contributed by atoms with Gasteiger partial charge in [-0.2, -0.15) is 0 Å². The zero-order valence-corrected chi connectivity index (χ0v) is 22.7. The van der Waals surface area contributed by atoms with E-state index in [1.54, 1.807) is 20.3 Å². The molecule has 0 radical (unpaired) electrons. The number of hydrogen-bond donors (Lipinski definition) is 0. The van der Waals surface area contributed by atoms with E-state index >= 15 is 0 Å². The second kappa shape index (κ2) is 11.8. The maximum atomic E-state index is 12.9. The minimum Gasteiger partial charge on any atom is -0.497 e. The molecule has 1 saturated heterocycles. The van der Waals surface area contributed by atoms with E-state index in [0.29, 0.717) is 6.42 Å². The number of amides is 2. The van der Waals surface area contributed by atoms with Gasteiger partial charge in [0.2, 0.25) is 0 Å². The number of carbonyl (C=O) groups excluding carboxylic acids is 2. The smallest absolute Gasteiger partial charge is 0.422 e. The molecule has 5 rings (SSSR count). The Bertz CT molecular complexity index is 1460. The van der Waals surface area contributed by atoms with Crippen molar-refractivity contribution in [1.29, 1.82) is 0 Å². The van der Waals surface area contributed by atoms with Crippen LogP contribution in [0.1, 0.15) is 16.7 Å². The number of hydrogen-bond acceptors (Lipinski definition) is 6. The van der Waals surface area contributed by atoms with Crippen molar-refractivity contribution in [3.05, 3.63) is 120 Å². The highest BCUT2D eigenvalue weighted by Gasteiger charge is 2.36. The molecule has 1 aliphatic rings. The van der Waals surface area contributed by atoms with Gasteiger partial charge < -0.3 is 19.1 Å². The van der Waals surface area contributed by atoms with Gasteiger partial charge in [0, 0.05) is 23.6 Å². The first kappa shape index (κ1) is 26.6. The number of aryl methyl sites for hydroxylation is 1. The van der Waals surface area contributed by atoms with Crippen LogP contribution in [0.3, 0.4) is 0 Å². The zero-order chi connectivity index (χ0) is 28.1. The fourth-order valence-corrected chi connectivity index (χ4v) is 4.47. The summed E-state index contributed by atoms with van der Waals surface area (Å²) in [6.07, 6.45) is 1.52. The number of benzene rings is 4. The number of ether oxygens (including phenoxy) is 3. The van der Waals surface area contributed by atoms with Crippen LogP contribution in [0.15, 0.2) is 103 Å². The molecule has 4 aromatic rings. The lowest BCUT2D eigenvalue weighted by Gasteiger charge is -2.26. The third-order valence-electron chi connectivity index (χ3n) is 6.73. The molecular weight excluding hydrogens is 504 g/mol. The van der Waals surface area contributed by atoms with E-state index in [-0.39, 0.29) is 12.3 Å². The van der Waals surface area contributed by atoms with Gasteiger partial charge in [-0.25, -0.2) is 9.69 Å². The lowest BCUT2D eigenvalue weighted by molar-refractivity contribution is -0.123. The van der Waals surface area contributed by atoms with Crippen molar-refractivity contribution in [2.45, 2.75) is 13.3 Å². The van der Waals surface area contributed by atoms with Crippen molar-refractivity contribution in [2.75, 3.05) is 25.7 Å². The molecule has 0 atom stereocenters. The second-order valence-corrected chi connectivity index (χ2v) is 9.39. The van der Waals surface area contributed by atoms with Gasteiger partial charge in [-0.3, -0.25) is 4.79 Å². The van der Waals surface area contributed by atoms with Crippen LogP contribution in [0, 0.1) is 6.92 Å². The van der Waals surface area contributed by atoms with Crippen molar-refractivity contribution in [3.8, 4) is 11.5 Å². The van der Waals surface area contributed by atoms with Crippen molar-refractivity contribution < 1.29 is 23.8 Å². The number of cyclic esters (lactones) is 1. The van der Waals surface area contributed by atoms with Crippen LogP contribution >= 0.6 is 0 Å². The first-order valence-corrected chi connectivity index (χ1v) is 12.9. The number of imide groups is 1. The first-order valence-electron chi connectivity index (χ1n) is 12.9. The summed E-state index contributed by atoms with van der Waals surface area (Å²) in [5, 5.41) is 0. The summed E-state index contributed by atoms with van der Waals surface area (Å²) in [6.45, 7) is 2.28. The van der Waals surface area contributed by atoms with Crippen LogP contribution in [-0.2, 0) is 16.0 Å². The Labute approximate surface area is 233 Å². The van der Waals surface area contributed by atoms with E-state index < -0.39 is 12.0 Å². The average Bonchev–Trinajstić information content (AvgIpc) is 3.25. The number of methoxy groups -OCH3 is 2. The second-order valence-electron chi connectivity index (χ2n) is 9.39. The molecule has 0 aromatic heterocycles. The van der Waals surface area contributed by atoms with Gasteiger partial charge in [0.15, 0.2) is 5.76 Å². The van der Waals surface area contributed by atoms with E-state index in [1.165, 1.54) is 0 Å². The standard InChI is InChI=1S/C33H30N2O5/c1-23-4-6-24(7-5-23)20-21-34-32(36)31(40-33(34)37)22-25-8-10-26(11-9-25)35(27-12-16-29(38-2)17-13-27)28-14-18-30(39-3)19-15-28/h4-19,22H,20-21H2,1-3H3/b31-22+. The van der Waals surface area contributed by atoms with Crippen LogP contribution in [0.2, 0.25) is 0 Å². The molecule has 4 aromatic carbocycles. The van der Waals surface area contributed by atoms with E-state index in [2.05, 4.69) is 4.90 Å². The molecule has 1 heterocycles. The van der Waals surface area contributed by atoms with Crippen molar-refractivity contribution in [3.63, 3.8) is 0 Å². The maximum Gasteiger partial charge on any atom is 0.422 e. The van der Waals surface area contributed by atoms with E-state index in [1.807, 2.05) is 104 Å². The number of carbonyl (C=O) groups is 2. The highest BCUT2D eigenvalue weighted by Crippen LogP contribution is 2.36. The van der Waals surface area contributed by atoms with Crippen LogP contribution in [-0.4, -0.2) is 37.7 Å². The Morgan fingerprint density at radius 1 is 0.725 bits per heavy atom. The maximum absolute atomic E-state index is 12.9. The Morgan fingerprint density at radius 2 is 1.23 bits per heavy atom. The van der Waals surface area contributed by atoms with Crippen molar-refractivity contribution >= 4 is 35.1 Å². The molecular formula is C33H30N2O5. The van der Waals surface area contributed by atoms with Gasteiger partial charge in [0.25, 0.3) is 5.91 Å². The van der Waals surface area contributed by atoms with E-state index in [4.69, 9.17) is 14.2 Å². The summed E-state index contributed by atoms with van der Waals surface area (Å²) in [4.78, 5) is 28.6. The molecule has 1 aliphatic heterocycles. The molecule has 40 heavy (non-hydrogen) atoms. The monoisotopic (exact) mass is 534 g/mol. The summed E-state index contributed by atoms with van der Waals surface area (Å²) in [5.74, 6) is 1.12. The van der Waals surface area contributed by atoms with Crippen LogP contribution in [0.25, 0.3) is 6.08 Å². The van der Waals surface area contributed by atoms with Gasteiger partial charge in [-0.1, -0.05) is 42.0 Å². The molecule has 7 nitrogen and oxygen atoms in total. The number of anilines is 3. The van der Waals surface area contributed by atoms with Crippen LogP contribution in [0.5, 0.6) is 11.5 Å². The van der Waals surface area contributed by atoms with Gasteiger partial charge in [0.1, 0.15) is 11.5 Å². The number of rotatable bonds is 9. The predicted octanol–water partition coefficient (Wildman–Crippen LogP) is 7.04. The highest BCUT2D eigenvalue weighted by atomic mass is 16.6. The summed E-state index contributed by atoms with van der Waals surface area (Å²) in [5.41, 5.74) is 5.75. The minimum atomic E-state index is -0.648. The Kier molecular flexibility index (Phi) is 7.82. The predicted molar refractivity (Wildman–Crippen MR) is 155 cm³/mol. The summed E-state index contributed by atoms with van der Waals surface area (Å²) >= 11 is 0. The Balaban J connectivity index is 1.36. The third-order valence-corrected chi connectivity index (χ3v) is 6.73. The van der Waals surface area contributed by atoms with Crippen molar-refractivity contribution in [1.82, 2.24) is 4.90 Å². The Hall–Kier alpha value is -5.04. The molecule has 0 aliphatic carbocycles. The molecule has 2 amide bonds. The fourth-order valence-electron chi connectivity index (χ4n) is 4.47. The van der Waals surface area contributed by atoms with Crippen LogP contribution in [0.4, 0.5) is 21.9 Å². The molecule has 202 valence electrons. The average molecular weight is 535 g/mol. The van der Waals surface area contributed by atoms with Gasteiger partial charge in [-0.05, 0) is 91.2 Å². The summed E-state index contributed by atoms with van der Waals surface area (Å²) in [6, 6.07) is 31.3. The first-order chi connectivity index (χ1) is 19.4. The highest BCUT2D eigenvalue weighted by molar-refractivity contribution is 6.09. The molecule has 0 N–H and O–H groups in total. The molecule has 7 heteroatoms. The summed E-state index contributed by atoms with van der Waals surface area (Å²) < 4.78 is 16.0. The van der Waals surface area contributed by atoms with Crippen molar-refractivity contribution in [2.24, 2.45) is 0 Å². The van der Waals surface area contributed by atoms with Gasteiger partial charge >= 0.3 is 6.09 Å². The fraction of sp³-hybridized carbons (Fsp3) is 0.152.